The van der Waals surface area contributed by atoms with E-state index in [0.717, 1.165) is 26.2 Å². The molecule has 0 aromatic heterocycles. The Balaban J connectivity index is 2.32. The lowest BCUT2D eigenvalue weighted by Crippen LogP contribution is -2.60. The summed E-state index contributed by atoms with van der Waals surface area (Å²) in [4.78, 5) is 25.8. The monoisotopic (exact) mass is 284 g/mol. The van der Waals surface area contributed by atoms with E-state index in [0.29, 0.717) is 13.1 Å². The van der Waals surface area contributed by atoms with Crippen molar-refractivity contribution >= 4 is 11.8 Å². The van der Waals surface area contributed by atoms with Crippen molar-refractivity contribution in [3.63, 3.8) is 0 Å². The predicted molar refractivity (Wildman–Crippen MR) is 79.4 cm³/mol. The predicted octanol–water partition coefficient (Wildman–Crippen LogP) is -0.441. The van der Waals surface area contributed by atoms with Gasteiger partial charge in [0.2, 0.25) is 11.8 Å². The van der Waals surface area contributed by atoms with Gasteiger partial charge in [-0.1, -0.05) is 13.8 Å². The van der Waals surface area contributed by atoms with Gasteiger partial charge in [-0.2, -0.15) is 0 Å². The van der Waals surface area contributed by atoms with E-state index in [2.05, 4.69) is 20.9 Å². The number of hydrogen-bond donors (Lipinski definition) is 3. The molecule has 1 saturated heterocycles. The van der Waals surface area contributed by atoms with Crippen LogP contribution in [-0.4, -0.2) is 61.5 Å². The van der Waals surface area contributed by atoms with Crippen LogP contribution < -0.4 is 16.0 Å². The summed E-state index contributed by atoms with van der Waals surface area (Å²) in [5.41, 5.74) is -0.510. The Hall–Kier alpha value is -1.14. The van der Waals surface area contributed by atoms with Gasteiger partial charge in [0.1, 0.15) is 0 Å². The maximum atomic E-state index is 12.3. The molecule has 0 radical (unpaired) electrons. The van der Waals surface area contributed by atoms with Gasteiger partial charge < -0.3 is 16.0 Å². The Morgan fingerprint density at radius 2 is 1.70 bits per heavy atom. The minimum Gasteiger partial charge on any atom is -0.354 e. The first-order valence-corrected chi connectivity index (χ1v) is 7.37. The zero-order valence-electron chi connectivity index (χ0n) is 13.1. The number of carbonyl (C=O) groups excluding carboxylic acids is 2. The van der Waals surface area contributed by atoms with Crippen LogP contribution in [0.2, 0.25) is 0 Å². The molecule has 0 atom stereocenters. The number of carbonyl (C=O) groups is 2. The zero-order valence-corrected chi connectivity index (χ0v) is 13.1. The van der Waals surface area contributed by atoms with Crippen molar-refractivity contribution in [3.05, 3.63) is 0 Å². The van der Waals surface area contributed by atoms with Crippen molar-refractivity contribution in [3.8, 4) is 0 Å². The van der Waals surface area contributed by atoms with E-state index < -0.39 is 5.54 Å². The average Bonchev–Trinajstić information content (AvgIpc) is 2.43. The smallest absolute Gasteiger partial charge is 0.240 e. The molecule has 0 aromatic carbocycles. The number of nitrogens with zero attached hydrogens (tertiary/aromatic N) is 1. The molecular formula is C14H28N4O2. The van der Waals surface area contributed by atoms with Crippen LogP contribution >= 0.6 is 0 Å². The van der Waals surface area contributed by atoms with Crippen LogP contribution in [0.15, 0.2) is 0 Å². The van der Waals surface area contributed by atoms with E-state index in [1.807, 2.05) is 27.7 Å². The summed E-state index contributed by atoms with van der Waals surface area (Å²) in [6.07, 6.45) is 0. The molecule has 6 nitrogen and oxygen atoms in total. The van der Waals surface area contributed by atoms with Crippen molar-refractivity contribution in [2.75, 3.05) is 39.3 Å². The molecule has 0 aromatic rings. The molecule has 3 N–H and O–H groups in total. The standard InChI is InChI=1S/C14H28N4O2/c1-11(2)12(19)16-5-6-17-13(20)14(3,4)18-9-7-15-8-10-18/h11,15H,5-10H2,1-4H3,(H,16,19)(H,17,20). The van der Waals surface area contributed by atoms with E-state index >= 15 is 0 Å². The van der Waals surface area contributed by atoms with E-state index in [9.17, 15) is 9.59 Å². The van der Waals surface area contributed by atoms with Crippen LogP contribution in [-0.2, 0) is 9.59 Å². The summed E-state index contributed by atoms with van der Waals surface area (Å²) in [6.45, 7) is 12.1. The summed E-state index contributed by atoms with van der Waals surface area (Å²) in [5, 5.41) is 8.97. The van der Waals surface area contributed by atoms with Gasteiger partial charge in [0.05, 0.1) is 5.54 Å². The molecule has 0 unspecified atom stereocenters. The largest absolute Gasteiger partial charge is 0.354 e. The van der Waals surface area contributed by atoms with Gasteiger partial charge in [0.15, 0.2) is 0 Å². The Morgan fingerprint density at radius 3 is 2.25 bits per heavy atom. The molecule has 1 rings (SSSR count). The lowest BCUT2D eigenvalue weighted by atomic mass is 10.0. The van der Waals surface area contributed by atoms with Crippen LogP contribution in [0.25, 0.3) is 0 Å². The molecule has 20 heavy (non-hydrogen) atoms. The van der Waals surface area contributed by atoms with Crippen molar-refractivity contribution in [2.24, 2.45) is 5.92 Å². The minimum atomic E-state index is -0.510. The topological polar surface area (TPSA) is 73.5 Å². The minimum absolute atomic E-state index is 0.0122. The lowest BCUT2D eigenvalue weighted by molar-refractivity contribution is -0.132. The molecule has 0 aliphatic carbocycles. The molecule has 0 spiro atoms. The lowest BCUT2D eigenvalue weighted by Gasteiger charge is -2.39. The molecule has 1 heterocycles. The van der Waals surface area contributed by atoms with Crippen LogP contribution in [0.5, 0.6) is 0 Å². The molecule has 0 bridgehead atoms. The SMILES string of the molecule is CC(C)C(=O)NCCNC(=O)C(C)(C)N1CCNCC1. The highest BCUT2D eigenvalue weighted by Crippen LogP contribution is 2.14. The molecule has 1 fully saturated rings. The molecule has 116 valence electrons. The third-order valence-electron chi connectivity index (χ3n) is 3.70. The summed E-state index contributed by atoms with van der Waals surface area (Å²) >= 11 is 0. The first-order valence-electron chi connectivity index (χ1n) is 7.37. The summed E-state index contributed by atoms with van der Waals surface area (Å²) in [6, 6.07) is 0. The van der Waals surface area contributed by atoms with Gasteiger partial charge in [0.25, 0.3) is 0 Å². The Bertz CT molecular complexity index is 336. The zero-order chi connectivity index (χ0) is 15.2. The first kappa shape index (κ1) is 16.9. The number of hydrogen-bond acceptors (Lipinski definition) is 4. The maximum Gasteiger partial charge on any atom is 0.240 e. The first-order chi connectivity index (χ1) is 9.35. The van der Waals surface area contributed by atoms with E-state index in [4.69, 9.17) is 0 Å². The van der Waals surface area contributed by atoms with Crippen LogP contribution in [0, 0.1) is 5.92 Å². The maximum absolute atomic E-state index is 12.3. The average molecular weight is 284 g/mol. The van der Waals surface area contributed by atoms with Crippen LogP contribution in [0.4, 0.5) is 0 Å². The normalized spacial score (nSPS) is 17.1. The Morgan fingerprint density at radius 1 is 1.15 bits per heavy atom. The van der Waals surface area contributed by atoms with Gasteiger partial charge in [-0.3, -0.25) is 14.5 Å². The van der Waals surface area contributed by atoms with Gasteiger partial charge in [-0.15, -0.1) is 0 Å². The highest BCUT2D eigenvalue weighted by Gasteiger charge is 2.34. The van der Waals surface area contributed by atoms with Crippen LogP contribution in [0.1, 0.15) is 27.7 Å². The van der Waals surface area contributed by atoms with Gasteiger partial charge in [0, 0.05) is 45.2 Å². The van der Waals surface area contributed by atoms with Gasteiger partial charge >= 0.3 is 0 Å². The number of nitrogens with one attached hydrogen (secondary N) is 3. The van der Waals surface area contributed by atoms with E-state index in [-0.39, 0.29) is 17.7 Å². The molecule has 6 heteroatoms. The quantitative estimate of drug-likeness (QED) is 0.578. The van der Waals surface area contributed by atoms with E-state index in [1.165, 1.54) is 0 Å². The third kappa shape index (κ3) is 4.76. The van der Waals surface area contributed by atoms with Gasteiger partial charge in [-0.05, 0) is 13.8 Å². The number of piperazine rings is 1. The van der Waals surface area contributed by atoms with Crippen LogP contribution in [0.3, 0.4) is 0 Å². The molecule has 1 aliphatic heterocycles. The molecule has 2 amide bonds. The number of amides is 2. The molecular weight excluding hydrogens is 256 g/mol. The summed E-state index contributed by atoms with van der Waals surface area (Å²) < 4.78 is 0. The second-order valence-corrected chi connectivity index (χ2v) is 6.00. The fourth-order valence-electron chi connectivity index (χ4n) is 2.15. The highest BCUT2D eigenvalue weighted by molar-refractivity contribution is 5.85. The Kier molecular flexibility index (Phi) is 6.42. The second-order valence-electron chi connectivity index (χ2n) is 6.00. The van der Waals surface area contributed by atoms with Crippen molar-refractivity contribution < 1.29 is 9.59 Å². The molecule has 0 saturated carbocycles. The molecule has 1 aliphatic rings. The second kappa shape index (κ2) is 7.59. The third-order valence-corrected chi connectivity index (χ3v) is 3.70. The van der Waals surface area contributed by atoms with Gasteiger partial charge in [-0.25, -0.2) is 0 Å². The van der Waals surface area contributed by atoms with Crippen molar-refractivity contribution in [1.29, 1.82) is 0 Å². The summed E-state index contributed by atoms with van der Waals surface area (Å²) in [5.74, 6) is 0.00167. The van der Waals surface area contributed by atoms with Crippen molar-refractivity contribution in [2.45, 2.75) is 33.2 Å². The fourth-order valence-corrected chi connectivity index (χ4v) is 2.15. The fraction of sp³-hybridized carbons (Fsp3) is 0.857. The van der Waals surface area contributed by atoms with E-state index in [1.54, 1.807) is 0 Å². The number of rotatable bonds is 6. The highest BCUT2D eigenvalue weighted by atomic mass is 16.2. The van der Waals surface area contributed by atoms with Crippen molar-refractivity contribution in [1.82, 2.24) is 20.9 Å². The summed E-state index contributed by atoms with van der Waals surface area (Å²) in [7, 11) is 0. The Labute approximate surface area is 121 Å².